The Balaban J connectivity index is 1.84. The molecule has 2 aromatic rings. The Morgan fingerprint density at radius 1 is 1.17 bits per heavy atom. The fraction of sp³-hybridized carbons (Fsp3) is 0.294. The van der Waals surface area contributed by atoms with Gasteiger partial charge in [0.05, 0.1) is 20.3 Å². The van der Waals surface area contributed by atoms with Crippen LogP contribution in [0.5, 0.6) is 5.75 Å². The molecule has 0 bridgehead atoms. The first-order valence-electron chi connectivity index (χ1n) is 7.27. The quantitative estimate of drug-likeness (QED) is 0.790. The van der Waals surface area contributed by atoms with E-state index < -0.39 is 12.3 Å². The van der Waals surface area contributed by atoms with Gasteiger partial charge in [0.15, 0.2) is 0 Å². The zero-order chi connectivity index (χ0) is 16.1. The number of carbonyl (C=O) groups is 1. The van der Waals surface area contributed by atoms with Gasteiger partial charge in [0.25, 0.3) is 0 Å². The number of hydrogen-bond acceptors (Lipinski definition) is 6. The SMILES string of the molecule is COC(=O)c1ccc(OCc2ccccc2)c(C2OCCO2)n1. The summed E-state index contributed by atoms with van der Waals surface area (Å²) in [4.78, 5) is 16.0. The number of hydrogen-bond donors (Lipinski definition) is 0. The molecule has 1 aromatic heterocycles. The summed E-state index contributed by atoms with van der Waals surface area (Å²) in [7, 11) is 1.31. The van der Waals surface area contributed by atoms with Crippen molar-refractivity contribution in [2.45, 2.75) is 12.9 Å². The van der Waals surface area contributed by atoms with Crippen LogP contribution >= 0.6 is 0 Å². The lowest BCUT2D eigenvalue weighted by atomic mass is 10.2. The second-order valence-corrected chi connectivity index (χ2v) is 4.92. The van der Waals surface area contributed by atoms with Gasteiger partial charge in [0.1, 0.15) is 23.7 Å². The van der Waals surface area contributed by atoms with E-state index in [0.29, 0.717) is 31.3 Å². The van der Waals surface area contributed by atoms with E-state index >= 15 is 0 Å². The van der Waals surface area contributed by atoms with Crippen LogP contribution in [0.1, 0.15) is 28.0 Å². The summed E-state index contributed by atoms with van der Waals surface area (Å²) < 4.78 is 21.5. The monoisotopic (exact) mass is 315 g/mol. The molecule has 1 aliphatic rings. The van der Waals surface area contributed by atoms with E-state index in [0.717, 1.165) is 5.56 Å². The van der Waals surface area contributed by atoms with Crippen LogP contribution in [0.4, 0.5) is 0 Å². The molecule has 0 saturated carbocycles. The van der Waals surface area contributed by atoms with Crippen LogP contribution in [0.25, 0.3) is 0 Å². The normalized spacial score (nSPS) is 14.7. The number of aromatic nitrogens is 1. The predicted octanol–water partition coefficient (Wildman–Crippen LogP) is 2.49. The molecule has 0 radical (unpaired) electrons. The Morgan fingerprint density at radius 2 is 1.91 bits per heavy atom. The number of carbonyl (C=O) groups excluding carboxylic acids is 1. The third kappa shape index (κ3) is 3.67. The molecule has 23 heavy (non-hydrogen) atoms. The van der Waals surface area contributed by atoms with E-state index in [1.54, 1.807) is 12.1 Å². The molecule has 6 heteroatoms. The largest absolute Gasteiger partial charge is 0.487 e. The molecule has 0 aliphatic carbocycles. The van der Waals surface area contributed by atoms with Gasteiger partial charge in [-0.1, -0.05) is 30.3 Å². The van der Waals surface area contributed by atoms with E-state index in [2.05, 4.69) is 4.98 Å². The van der Waals surface area contributed by atoms with Gasteiger partial charge in [-0.3, -0.25) is 0 Å². The fourth-order valence-corrected chi connectivity index (χ4v) is 2.22. The van der Waals surface area contributed by atoms with E-state index in [9.17, 15) is 4.79 Å². The van der Waals surface area contributed by atoms with Crippen LogP contribution in [0.2, 0.25) is 0 Å². The van der Waals surface area contributed by atoms with Crippen molar-refractivity contribution in [1.29, 1.82) is 0 Å². The fourth-order valence-electron chi connectivity index (χ4n) is 2.22. The number of rotatable bonds is 5. The van der Waals surface area contributed by atoms with Crippen molar-refractivity contribution in [3.05, 3.63) is 59.4 Å². The number of ether oxygens (including phenoxy) is 4. The van der Waals surface area contributed by atoms with Crippen molar-refractivity contribution >= 4 is 5.97 Å². The number of pyridine rings is 1. The average Bonchev–Trinajstić information content (AvgIpc) is 3.14. The highest BCUT2D eigenvalue weighted by molar-refractivity contribution is 5.87. The maximum atomic E-state index is 11.7. The van der Waals surface area contributed by atoms with E-state index in [1.165, 1.54) is 7.11 Å². The first kappa shape index (κ1) is 15.5. The van der Waals surface area contributed by atoms with Gasteiger partial charge in [-0.25, -0.2) is 9.78 Å². The van der Waals surface area contributed by atoms with Crippen LogP contribution in [-0.4, -0.2) is 31.3 Å². The molecule has 0 atom stereocenters. The first-order valence-corrected chi connectivity index (χ1v) is 7.27. The average molecular weight is 315 g/mol. The molecule has 3 rings (SSSR count). The van der Waals surface area contributed by atoms with Crippen molar-refractivity contribution in [1.82, 2.24) is 4.98 Å². The highest BCUT2D eigenvalue weighted by Crippen LogP contribution is 2.30. The lowest BCUT2D eigenvalue weighted by molar-refractivity contribution is -0.0492. The molecule has 120 valence electrons. The maximum Gasteiger partial charge on any atom is 0.356 e. The lowest BCUT2D eigenvalue weighted by Crippen LogP contribution is -2.11. The molecule has 0 spiro atoms. The van der Waals surface area contributed by atoms with Gasteiger partial charge in [0, 0.05) is 0 Å². The summed E-state index contributed by atoms with van der Waals surface area (Å²) in [5.41, 5.74) is 1.67. The van der Waals surface area contributed by atoms with Gasteiger partial charge in [0.2, 0.25) is 6.29 Å². The van der Waals surface area contributed by atoms with Gasteiger partial charge in [-0.05, 0) is 17.7 Å². The Labute approximate surface area is 134 Å². The summed E-state index contributed by atoms with van der Waals surface area (Å²) in [6.45, 7) is 1.35. The summed E-state index contributed by atoms with van der Waals surface area (Å²) in [6.07, 6.45) is -0.634. The van der Waals surface area contributed by atoms with E-state index in [-0.39, 0.29) is 5.69 Å². The van der Waals surface area contributed by atoms with Crippen LogP contribution < -0.4 is 4.74 Å². The molecular formula is C17H17NO5. The zero-order valence-corrected chi connectivity index (χ0v) is 12.7. The topological polar surface area (TPSA) is 66.9 Å². The van der Waals surface area contributed by atoms with Crippen LogP contribution in [0.3, 0.4) is 0 Å². The van der Waals surface area contributed by atoms with Gasteiger partial charge in [-0.2, -0.15) is 0 Å². The smallest absolute Gasteiger partial charge is 0.356 e. The maximum absolute atomic E-state index is 11.7. The Kier molecular flexibility index (Phi) is 4.85. The molecule has 1 fully saturated rings. The minimum atomic E-state index is -0.634. The number of nitrogens with zero attached hydrogens (tertiary/aromatic N) is 1. The Morgan fingerprint density at radius 3 is 2.61 bits per heavy atom. The molecule has 1 aliphatic heterocycles. The molecule has 1 aromatic carbocycles. The molecule has 2 heterocycles. The minimum Gasteiger partial charge on any atom is -0.487 e. The van der Waals surface area contributed by atoms with E-state index in [1.807, 2.05) is 30.3 Å². The highest BCUT2D eigenvalue weighted by Gasteiger charge is 2.25. The molecule has 6 nitrogen and oxygen atoms in total. The summed E-state index contributed by atoms with van der Waals surface area (Å²) in [6, 6.07) is 13.0. The second kappa shape index (κ2) is 7.21. The van der Waals surface area contributed by atoms with Crippen molar-refractivity contribution in [3.8, 4) is 5.75 Å². The first-order chi connectivity index (χ1) is 11.3. The Bertz CT molecular complexity index is 668. The predicted molar refractivity (Wildman–Crippen MR) is 81.0 cm³/mol. The highest BCUT2D eigenvalue weighted by atomic mass is 16.7. The van der Waals surface area contributed by atoms with Crippen LogP contribution in [-0.2, 0) is 20.8 Å². The van der Waals surface area contributed by atoms with Gasteiger partial charge < -0.3 is 18.9 Å². The summed E-state index contributed by atoms with van der Waals surface area (Å²) in [5.74, 6) is 0.00672. The number of benzene rings is 1. The molecular weight excluding hydrogens is 298 g/mol. The third-order valence-corrected chi connectivity index (χ3v) is 3.36. The van der Waals surface area contributed by atoms with Crippen LogP contribution in [0.15, 0.2) is 42.5 Å². The Hall–Kier alpha value is -2.44. The van der Waals surface area contributed by atoms with Crippen molar-refractivity contribution < 1.29 is 23.7 Å². The standard InChI is InChI=1S/C17H17NO5/c1-20-16(19)13-7-8-14(15(18-13)17-21-9-10-22-17)23-11-12-5-3-2-4-6-12/h2-8,17H,9-11H2,1H3. The third-order valence-electron chi connectivity index (χ3n) is 3.36. The lowest BCUT2D eigenvalue weighted by Gasteiger charge is -2.15. The summed E-state index contributed by atoms with van der Waals surface area (Å²) in [5, 5.41) is 0. The van der Waals surface area contributed by atoms with Crippen molar-refractivity contribution in [2.75, 3.05) is 20.3 Å². The zero-order valence-electron chi connectivity index (χ0n) is 12.7. The van der Waals surface area contributed by atoms with E-state index in [4.69, 9.17) is 18.9 Å². The number of esters is 1. The van der Waals surface area contributed by atoms with Gasteiger partial charge in [-0.15, -0.1) is 0 Å². The molecule has 1 saturated heterocycles. The number of methoxy groups -OCH3 is 1. The minimum absolute atomic E-state index is 0.189. The second-order valence-electron chi connectivity index (χ2n) is 4.92. The van der Waals surface area contributed by atoms with Crippen LogP contribution in [0, 0.1) is 0 Å². The molecule has 0 amide bonds. The van der Waals surface area contributed by atoms with Crippen molar-refractivity contribution in [3.63, 3.8) is 0 Å². The molecule has 0 unspecified atom stereocenters. The molecule has 0 N–H and O–H groups in total. The van der Waals surface area contributed by atoms with Gasteiger partial charge >= 0.3 is 5.97 Å². The van der Waals surface area contributed by atoms with Crippen molar-refractivity contribution in [2.24, 2.45) is 0 Å². The summed E-state index contributed by atoms with van der Waals surface area (Å²) >= 11 is 0.